The Bertz CT molecular complexity index is 207. The molecule has 1 aliphatic carbocycles. The first-order valence-corrected chi connectivity index (χ1v) is 8.00. The van der Waals surface area contributed by atoms with E-state index < -0.39 is 0 Å². The number of hydrogen-bond donors (Lipinski definition) is 1. The van der Waals surface area contributed by atoms with Crippen LogP contribution in [0.25, 0.3) is 0 Å². The molecule has 1 saturated carbocycles. The summed E-state index contributed by atoms with van der Waals surface area (Å²) >= 11 is 0. The molecule has 1 fully saturated rings. The average molecular weight is 254 g/mol. The summed E-state index contributed by atoms with van der Waals surface area (Å²) in [5.74, 6) is 1.66. The molecule has 2 heteroatoms. The van der Waals surface area contributed by atoms with Crippen LogP contribution in [0, 0.1) is 11.8 Å². The van der Waals surface area contributed by atoms with Gasteiger partial charge in [0.1, 0.15) is 0 Å². The van der Waals surface area contributed by atoms with E-state index in [9.17, 15) is 0 Å². The minimum Gasteiger partial charge on any atom is -0.329 e. The Morgan fingerprint density at radius 2 is 1.67 bits per heavy atom. The second-order valence-electron chi connectivity index (χ2n) is 6.81. The van der Waals surface area contributed by atoms with Crippen LogP contribution >= 0.6 is 0 Å². The number of nitrogens with two attached hydrogens (primary N) is 1. The predicted molar refractivity (Wildman–Crippen MR) is 80.7 cm³/mol. The van der Waals surface area contributed by atoms with Crippen LogP contribution in [0.5, 0.6) is 0 Å². The summed E-state index contributed by atoms with van der Waals surface area (Å²) in [5, 5.41) is 0. The molecule has 0 aromatic carbocycles. The van der Waals surface area contributed by atoms with Gasteiger partial charge in [0.25, 0.3) is 0 Å². The number of rotatable bonds is 7. The molecule has 2 nitrogen and oxygen atoms in total. The molecule has 0 heterocycles. The predicted octanol–water partition coefficient (Wildman–Crippen LogP) is 3.65. The summed E-state index contributed by atoms with van der Waals surface area (Å²) in [6.07, 6.45) is 8.51. The Labute approximate surface area is 114 Å². The first-order valence-electron chi connectivity index (χ1n) is 8.00. The second kappa shape index (κ2) is 8.16. The smallest absolute Gasteiger partial charge is 0.0223 e. The van der Waals surface area contributed by atoms with Crippen molar-refractivity contribution >= 4 is 0 Å². The third-order valence-electron chi connectivity index (χ3n) is 4.31. The van der Waals surface area contributed by atoms with Gasteiger partial charge in [-0.05, 0) is 32.1 Å². The highest BCUT2D eigenvalue weighted by Crippen LogP contribution is 2.29. The van der Waals surface area contributed by atoms with Crippen molar-refractivity contribution < 1.29 is 0 Å². The minimum absolute atomic E-state index is 0.593. The van der Waals surface area contributed by atoms with E-state index in [-0.39, 0.29) is 0 Å². The molecule has 0 aromatic heterocycles. The van der Waals surface area contributed by atoms with Crippen LogP contribution in [-0.2, 0) is 0 Å². The zero-order valence-corrected chi connectivity index (χ0v) is 13.0. The van der Waals surface area contributed by atoms with Crippen molar-refractivity contribution in [1.29, 1.82) is 0 Å². The van der Waals surface area contributed by atoms with Gasteiger partial charge in [-0.15, -0.1) is 0 Å². The van der Waals surface area contributed by atoms with Crippen molar-refractivity contribution in [2.24, 2.45) is 17.6 Å². The highest BCUT2D eigenvalue weighted by atomic mass is 15.2. The monoisotopic (exact) mass is 254 g/mol. The van der Waals surface area contributed by atoms with E-state index in [2.05, 4.69) is 32.6 Å². The first kappa shape index (κ1) is 16.0. The lowest BCUT2D eigenvalue weighted by Gasteiger charge is -2.38. The molecule has 0 spiro atoms. The normalized spacial score (nSPS) is 20.0. The Kier molecular flexibility index (Phi) is 7.25. The molecular formula is C16H34N2. The van der Waals surface area contributed by atoms with Gasteiger partial charge in [0.15, 0.2) is 0 Å². The first-order chi connectivity index (χ1) is 8.54. The van der Waals surface area contributed by atoms with Crippen molar-refractivity contribution in [3.05, 3.63) is 0 Å². The van der Waals surface area contributed by atoms with E-state index in [1.165, 1.54) is 45.1 Å². The van der Waals surface area contributed by atoms with Gasteiger partial charge in [-0.1, -0.05) is 46.0 Å². The maximum Gasteiger partial charge on any atom is 0.0223 e. The zero-order valence-electron chi connectivity index (χ0n) is 13.0. The van der Waals surface area contributed by atoms with E-state index in [1.54, 1.807) is 0 Å². The second-order valence-corrected chi connectivity index (χ2v) is 6.81. The standard InChI is InChI=1S/C16H34N2/c1-13(2)12-18(14(3)4)16(11-17)10-15-8-6-5-7-9-15/h13-16H,5-12,17H2,1-4H3. The van der Waals surface area contributed by atoms with Crippen LogP contribution in [0.3, 0.4) is 0 Å². The van der Waals surface area contributed by atoms with Crippen molar-refractivity contribution in [2.45, 2.75) is 78.3 Å². The molecule has 2 N–H and O–H groups in total. The zero-order chi connectivity index (χ0) is 13.5. The minimum atomic E-state index is 0.593. The molecule has 1 unspecified atom stereocenters. The number of nitrogens with zero attached hydrogens (tertiary/aromatic N) is 1. The Morgan fingerprint density at radius 3 is 2.11 bits per heavy atom. The van der Waals surface area contributed by atoms with Crippen molar-refractivity contribution in [3.63, 3.8) is 0 Å². The highest BCUT2D eigenvalue weighted by molar-refractivity contribution is 4.80. The van der Waals surface area contributed by atoms with Crippen LogP contribution in [0.1, 0.15) is 66.2 Å². The summed E-state index contributed by atoms with van der Waals surface area (Å²) in [7, 11) is 0. The fraction of sp³-hybridized carbons (Fsp3) is 1.00. The van der Waals surface area contributed by atoms with Crippen LogP contribution in [0.15, 0.2) is 0 Å². The van der Waals surface area contributed by atoms with E-state index in [0.29, 0.717) is 12.1 Å². The van der Waals surface area contributed by atoms with Crippen molar-refractivity contribution in [1.82, 2.24) is 4.90 Å². The van der Waals surface area contributed by atoms with Gasteiger partial charge in [-0.2, -0.15) is 0 Å². The van der Waals surface area contributed by atoms with E-state index >= 15 is 0 Å². The summed E-state index contributed by atoms with van der Waals surface area (Å²) in [5.41, 5.74) is 6.06. The Hall–Kier alpha value is -0.0800. The van der Waals surface area contributed by atoms with E-state index in [1.807, 2.05) is 0 Å². The highest BCUT2D eigenvalue weighted by Gasteiger charge is 2.25. The van der Waals surface area contributed by atoms with E-state index in [4.69, 9.17) is 5.73 Å². The lowest BCUT2D eigenvalue weighted by atomic mass is 9.84. The summed E-state index contributed by atoms with van der Waals surface area (Å²) in [4.78, 5) is 2.64. The third kappa shape index (κ3) is 5.27. The van der Waals surface area contributed by atoms with Gasteiger partial charge in [0.2, 0.25) is 0 Å². The van der Waals surface area contributed by atoms with Gasteiger partial charge in [-0.25, -0.2) is 0 Å². The Morgan fingerprint density at radius 1 is 1.06 bits per heavy atom. The van der Waals surface area contributed by atoms with Gasteiger partial charge < -0.3 is 5.73 Å². The summed E-state index contributed by atoms with van der Waals surface area (Å²) in [6.45, 7) is 11.2. The van der Waals surface area contributed by atoms with Crippen LogP contribution in [-0.4, -0.2) is 30.1 Å². The molecule has 0 radical (unpaired) electrons. The molecule has 18 heavy (non-hydrogen) atoms. The average Bonchev–Trinajstić information content (AvgIpc) is 2.34. The maximum absolute atomic E-state index is 6.06. The Balaban J connectivity index is 2.54. The van der Waals surface area contributed by atoms with Crippen molar-refractivity contribution in [3.8, 4) is 0 Å². The molecule has 0 amide bonds. The van der Waals surface area contributed by atoms with Gasteiger partial charge in [0.05, 0.1) is 0 Å². The fourth-order valence-corrected chi connectivity index (χ4v) is 3.38. The van der Waals surface area contributed by atoms with Gasteiger partial charge in [-0.3, -0.25) is 4.90 Å². The molecule has 1 atom stereocenters. The topological polar surface area (TPSA) is 29.3 Å². The lowest BCUT2D eigenvalue weighted by Crippen LogP contribution is -2.47. The quantitative estimate of drug-likeness (QED) is 0.751. The molecule has 1 aliphatic rings. The van der Waals surface area contributed by atoms with E-state index in [0.717, 1.165) is 18.4 Å². The third-order valence-corrected chi connectivity index (χ3v) is 4.31. The lowest BCUT2D eigenvalue weighted by molar-refractivity contribution is 0.112. The molecule has 108 valence electrons. The summed E-state index contributed by atoms with van der Waals surface area (Å²) < 4.78 is 0. The van der Waals surface area contributed by atoms with Crippen LogP contribution in [0.2, 0.25) is 0 Å². The van der Waals surface area contributed by atoms with Gasteiger partial charge in [0, 0.05) is 25.2 Å². The fourth-order valence-electron chi connectivity index (χ4n) is 3.38. The number of hydrogen-bond acceptors (Lipinski definition) is 2. The molecular weight excluding hydrogens is 220 g/mol. The van der Waals surface area contributed by atoms with Gasteiger partial charge >= 0.3 is 0 Å². The molecule has 0 bridgehead atoms. The van der Waals surface area contributed by atoms with Crippen LogP contribution < -0.4 is 5.73 Å². The molecule has 0 saturated heterocycles. The van der Waals surface area contributed by atoms with Crippen molar-refractivity contribution in [2.75, 3.05) is 13.1 Å². The maximum atomic E-state index is 6.06. The largest absolute Gasteiger partial charge is 0.329 e. The summed E-state index contributed by atoms with van der Waals surface area (Å²) in [6, 6.07) is 1.21. The molecule has 0 aliphatic heterocycles. The molecule has 0 aromatic rings. The van der Waals surface area contributed by atoms with Crippen LogP contribution in [0.4, 0.5) is 0 Å². The molecule has 1 rings (SSSR count). The SMILES string of the molecule is CC(C)CN(C(C)C)C(CN)CC1CCCCC1.